The number of carbonyl (C=O) groups is 3. The molecule has 0 saturated heterocycles. The Hall–Kier alpha value is -3.23. The van der Waals surface area contributed by atoms with Gasteiger partial charge in [-0.3, -0.25) is 19.2 Å². The van der Waals surface area contributed by atoms with E-state index in [1.54, 1.807) is 6.92 Å². The van der Waals surface area contributed by atoms with Gasteiger partial charge in [0.2, 0.25) is 5.91 Å². The standard InChI is InChI=1S/C23H27FN4O4/c1-23(22(31)25-16-7-5-3-4-6-8-16)14-27-19(13-18(26-27)21(30)32-2)20(29)28(23)17-11-9-15(24)10-12-17/h9-13,16H,3-8,14H2,1-2H3,(H,25,31)/t23-/m0/s1. The third-order valence-corrected chi connectivity index (χ3v) is 6.31. The number of amides is 2. The number of esters is 1. The number of carbonyl (C=O) groups excluding carboxylic acids is 3. The Morgan fingerprint density at radius 1 is 1.16 bits per heavy atom. The number of nitrogens with zero attached hydrogens (tertiary/aromatic N) is 3. The Labute approximate surface area is 185 Å². The predicted octanol–water partition coefficient (Wildman–Crippen LogP) is 3.07. The molecule has 1 fully saturated rings. The minimum Gasteiger partial charge on any atom is -0.464 e. The molecule has 2 aromatic rings. The molecule has 2 aliphatic rings. The molecule has 8 nitrogen and oxygen atoms in total. The summed E-state index contributed by atoms with van der Waals surface area (Å²) in [6.45, 7) is 1.71. The summed E-state index contributed by atoms with van der Waals surface area (Å²) in [6.07, 6.45) is 6.19. The van der Waals surface area contributed by atoms with E-state index in [-0.39, 0.29) is 29.9 Å². The summed E-state index contributed by atoms with van der Waals surface area (Å²) >= 11 is 0. The smallest absolute Gasteiger partial charge is 0.358 e. The van der Waals surface area contributed by atoms with Crippen molar-refractivity contribution in [2.24, 2.45) is 0 Å². The number of methoxy groups -OCH3 is 1. The van der Waals surface area contributed by atoms with E-state index >= 15 is 0 Å². The van der Waals surface area contributed by atoms with Crippen LogP contribution in [-0.2, 0) is 16.1 Å². The monoisotopic (exact) mass is 442 g/mol. The van der Waals surface area contributed by atoms with E-state index in [4.69, 9.17) is 4.74 Å². The molecule has 1 aliphatic carbocycles. The Balaban J connectivity index is 1.73. The number of rotatable bonds is 4. The van der Waals surface area contributed by atoms with Gasteiger partial charge in [0.15, 0.2) is 5.69 Å². The second-order valence-corrected chi connectivity index (χ2v) is 8.62. The topological polar surface area (TPSA) is 93.5 Å². The number of aromatic nitrogens is 2. The molecule has 1 aromatic heterocycles. The van der Waals surface area contributed by atoms with Crippen LogP contribution in [0.4, 0.5) is 10.1 Å². The van der Waals surface area contributed by atoms with Crippen molar-refractivity contribution < 1.29 is 23.5 Å². The zero-order valence-corrected chi connectivity index (χ0v) is 18.3. The summed E-state index contributed by atoms with van der Waals surface area (Å²) < 4.78 is 19.7. The Morgan fingerprint density at radius 3 is 2.44 bits per heavy atom. The summed E-state index contributed by atoms with van der Waals surface area (Å²) in [5.74, 6) is -1.91. The normalized spacial score (nSPS) is 21.6. The molecule has 4 rings (SSSR count). The minimum atomic E-state index is -1.33. The van der Waals surface area contributed by atoms with Gasteiger partial charge in [0, 0.05) is 17.8 Å². The first-order valence-electron chi connectivity index (χ1n) is 10.9. The lowest BCUT2D eigenvalue weighted by molar-refractivity contribution is -0.127. The van der Waals surface area contributed by atoms with Crippen molar-refractivity contribution in [3.05, 3.63) is 47.5 Å². The molecule has 9 heteroatoms. The van der Waals surface area contributed by atoms with Crippen molar-refractivity contribution in [3.63, 3.8) is 0 Å². The number of hydrogen-bond acceptors (Lipinski definition) is 5. The molecule has 2 heterocycles. The molecule has 1 saturated carbocycles. The number of ether oxygens (including phenoxy) is 1. The van der Waals surface area contributed by atoms with Gasteiger partial charge in [0.1, 0.15) is 17.1 Å². The number of fused-ring (bicyclic) bond motifs is 1. The van der Waals surface area contributed by atoms with E-state index in [1.807, 2.05) is 0 Å². The second kappa shape index (κ2) is 8.72. The maximum absolute atomic E-state index is 13.6. The molecule has 1 N–H and O–H groups in total. The molecule has 32 heavy (non-hydrogen) atoms. The molecular formula is C23H27FN4O4. The minimum absolute atomic E-state index is 0.0108. The van der Waals surface area contributed by atoms with Gasteiger partial charge in [-0.2, -0.15) is 5.10 Å². The van der Waals surface area contributed by atoms with E-state index in [9.17, 15) is 18.8 Å². The first kappa shape index (κ1) is 22.0. The maximum Gasteiger partial charge on any atom is 0.358 e. The molecule has 0 unspecified atom stereocenters. The molecule has 1 atom stereocenters. The largest absolute Gasteiger partial charge is 0.464 e. The van der Waals surface area contributed by atoms with E-state index < -0.39 is 23.2 Å². The predicted molar refractivity (Wildman–Crippen MR) is 115 cm³/mol. The average Bonchev–Trinajstić information content (AvgIpc) is 3.03. The zero-order valence-electron chi connectivity index (χ0n) is 18.3. The molecule has 0 spiro atoms. The first-order chi connectivity index (χ1) is 15.3. The lowest BCUT2D eigenvalue weighted by Crippen LogP contribution is -2.65. The summed E-state index contributed by atoms with van der Waals surface area (Å²) in [5, 5.41) is 7.34. The van der Waals surface area contributed by atoms with Crippen molar-refractivity contribution in [2.45, 2.75) is 63.6 Å². The molecule has 2 amide bonds. The molecule has 0 bridgehead atoms. The second-order valence-electron chi connectivity index (χ2n) is 8.62. The molecule has 1 aliphatic heterocycles. The van der Waals surface area contributed by atoms with Crippen LogP contribution in [-0.4, -0.2) is 46.3 Å². The maximum atomic E-state index is 13.6. The van der Waals surface area contributed by atoms with Crippen LogP contribution in [0.3, 0.4) is 0 Å². The van der Waals surface area contributed by atoms with Crippen molar-refractivity contribution in [1.29, 1.82) is 0 Å². The van der Waals surface area contributed by atoms with Crippen LogP contribution < -0.4 is 10.2 Å². The van der Waals surface area contributed by atoms with Gasteiger partial charge in [0.25, 0.3) is 5.91 Å². The van der Waals surface area contributed by atoms with E-state index in [0.29, 0.717) is 5.69 Å². The van der Waals surface area contributed by atoms with Gasteiger partial charge in [-0.15, -0.1) is 0 Å². The van der Waals surface area contributed by atoms with Crippen LogP contribution in [0.25, 0.3) is 0 Å². The van der Waals surface area contributed by atoms with E-state index in [2.05, 4.69) is 10.4 Å². The highest BCUT2D eigenvalue weighted by molar-refractivity contribution is 6.12. The number of nitrogens with one attached hydrogen (secondary N) is 1. The van der Waals surface area contributed by atoms with Crippen molar-refractivity contribution in [2.75, 3.05) is 12.0 Å². The van der Waals surface area contributed by atoms with Crippen LogP contribution in [0.2, 0.25) is 0 Å². The van der Waals surface area contributed by atoms with Gasteiger partial charge < -0.3 is 10.1 Å². The quantitative estimate of drug-likeness (QED) is 0.580. The zero-order chi connectivity index (χ0) is 22.9. The SMILES string of the molecule is COC(=O)c1cc2n(n1)C[C@@](C)(C(=O)NC1CCCCCC1)N(c1ccc(F)cc1)C2=O. The average molecular weight is 442 g/mol. The lowest BCUT2D eigenvalue weighted by atomic mass is 9.93. The first-order valence-corrected chi connectivity index (χ1v) is 10.9. The molecule has 170 valence electrons. The third kappa shape index (κ3) is 3.99. The van der Waals surface area contributed by atoms with Gasteiger partial charge >= 0.3 is 5.97 Å². The fraction of sp³-hybridized carbons (Fsp3) is 0.478. The van der Waals surface area contributed by atoms with Gasteiger partial charge in [0.05, 0.1) is 13.7 Å². The number of benzene rings is 1. The van der Waals surface area contributed by atoms with E-state index in [1.165, 1.54) is 47.0 Å². The van der Waals surface area contributed by atoms with Gasteiger partial charge in [-0.05, 0) is 44.0 Å². The van der Waals surface area contributed by atoms with Crippen LogP contribution >= 0.6 is 0 Å². The summed E-state index contributed by atoms with van der Waals surface area (Å²) in [6, 6.07) is 6.83. The van der Waals surface area contributed by atoms with Crippen LogP contribution in [0.5, 0.6) is 0 Å². The van der Waals surface area contributed by atoms with Crippen LogP contribution in [0.15, 0.2) is 30.3 Å². The number of hydrogen-bond donors (Lipinski definition) is 1. The van der Waals surface area contributed by atoms with Crippen molar-refractivity contribution in [3.8, 4) is 0 Å². The number of anilines is 1. The fourth-order valence-electron chi connectivity index (χ4n) is 4.55. The van der Waals surface area contributed by atoms with Crippen molar-refractivity contribution >= 4 is 23.5 Å². The molecule has 0 radical (unpaired) electrons. The van der Waals surface area contributed by atoms with Crippen LogP contribution in [0, 0.1) is 5.82 Å². The summed E-state index contributed by atoms with van der Waals surface area (Å²) in [4.78, 5) is 40.5. The highest BCUT2D eigenvalue weighted by Crippen LogP contribution is 2.33. The molecule has 1 aromatic carbocycles. The van der Waals surface area contributed by atoms with Crippen molar-refractivity contribution in [1.82, 2.24) is 15.1 Å². The van der Waals surface area contributed by atoms with Crippen LogP contribution in [0.1, 0.15) is 66.4 Å². The summed E-state index contributed by atoms with van der Waals surface area (Å²) in [7, 11) is 1.23. The fourth-order valence-corrected chi connectivity index (χ4v) is 4.55. The van der Waals surface area contributed by atoms with E-state index in [0.717, 1.165) is 38.5 Å². The van der Waals surface area contributed by atoms with Gasteiger partial charge in [-0.1, -0.05) is 25.7 Å². The lowest BCUT2D eigenvalue weighted by Gasteiger charge is -2.43. The van der Waals surface area contributed by atoms with Gasteiger partial charge in [-0.25, -0.2) is 9.18 Å². The highest BCUT2D eigenvalue weighted by atomic mass is 19.1. The number of halogens is 1. The Kier molecular flexibility index (Phi) is 5.99. The molecular weight excluding hydrogens is 415 g/mol. The Bertz CT molecular complexity index is 1030. The Morgan fingerprint density at radius 2 is 1.81 bits per heavy atom. The third-order valence-electron chi connectivity index (χ3n) is 6.31. The highest BCUT2D eigenvalue weighted by Gasteiger charge is 2.49. The summed E-state index contributed by atoms with van der Waals surface area (Å²) in [5.41, 5.74) is -0.784.